The van der Waals surface area contributed by atoms with Gasteiger partial charge >= 0.3 is 5.69 Å². The minimum absolute atomic E-state index is 0.112. The predicted octanol–water partition coefficient (Wildman–Crippen LogP) is 5.88. The number of fused-ring (bicyclic) bond motifs is 2. The molecule has 1 N–H and O–H groups in total. The number of halogens is 1. The molecule has 0 radical (unpaired) electrons. The molecule has 1 saturated carbocycles. The number of nitrogens with one attached hydrogen (secondary N) is 1. The van der Waals surface area contributed by atoms with Gasteiger partial charge in [0.15, 0.2) is 5.75 Å². The molecule has 1 saturated heterocycles. The first kappa shape index (κ1) is 26.2. The van der Waals surface area contributed by atoms with Gasteiger partial charge in [-0.05, 0) is 68.0 Å². The van der Waals surface area contributed by atoms with Crippen molar-refractivity contribution in [2.45, 2.75) is 19.4 Å². The van der Waals surface area contributed by atoms with Gasteiger partial charge in [0.2, 0.25) is 0 Å². The molecule has 3 atom stereocenters. The lowest BCUT2D eigenvalue weighted by molar-refractivity contribution is -0.385. The zero-order valence-corrected chi connectivity index (χ0v) is 22.8. The molecule has 1 aliphatic heterocycles. The molecule has 2 aromatic carbocycles. The molecule has 2 aliphatic rings. The summed E-state index contributed by atoms with van der Waals surface area (Å²) in [6, 6.07) is 14.0. The molecule has 0 bridgehead atoms. The van der Waals surface area contributed by atoms with Gasteiger partial charge in [0.05, 0.1) is 33.1 Å². The molecule has 0 spiro atoms. The van der Waals surface area contributed by atoms with Crippen molar-refractivity contribution < 1.29 is 14.4 Å². The Morgan fingerprint density at radius 3 is 2.60 bits per heavy atom. The topological polar surface area (TPSA) is 116 Å². The van der Waals surface area contributed by atoms with Crippen LogP contribution in [0.3, 0.4) is 0 Å². The van der Waals surface area contributed by atoms with E-state index in [4.69, 9.17) is 21.1 Å². The Labute approximate surface area is 236 Å². The highest BCUT2D eigenvalue weighted by atomic mass is 35.5. The van der Waals surface area contributed by atoms with Gasteiger partial charge < -0.3 is 19.7 Å². The summed E-state index contributed by atoms with van der Waals surface area (Å²) in [4.78, 5) is 26.9. The fourth-order valence-corrected chi connectivity index (χ4v) is 6.14. The number of likely N-dealkylation sites (tertiary alicyclic amines) is 1. The Morgan fingerprint density at radius 1 is 1.05 bits per heavy atom. The van der Waals surface area contributed by atoms with Crippen molar-refractivity contribution in [1.29, 1.82) is 0 Å². The van der Waals surface area contributed by atoms with Gasteiger partial charge in [-0.2, -0.15) is 0 Å². The molecule has 0 amide bonds. The van der Waals surface area contributed by atoms with E-state index in [1.54, 1.807) is 30.5 Å². The van der Waals surface area contributed by atoms with Crippen LogP contribution in [-0.4, -0.2) is 51.5 Å². The number of ether oxygens (including phenoxy) is 2. The number of rotatable bonds is 9. The van der Waals surface area contributed by atoms with E-state index in [0.29, 0.717) is 57.5 Å². The maximum Gasteiger partial charge on any atom is 0.311 e. The van der Waals surface area contributed by atoms with Gasteiger partial charge in [0.25, 0.3) is 0 Å². The summed E-state index contributed by atoms with van der Waals surface area (Å²) in [5.74, 6) is 2.96. The van der Waals surface area contributed by atoms with Crippen LogP contribution in [0.4, 0.5) is 17.2 Å². The largest absolute Gasteiger partial charge is 0.486 e. The number of hydrogen-bond donors (Lipinski definition) is 1. The number of nitrogens with zero attached hydrogens (tertiary/aromatic N) is 5. The van der Waals surface area contributed by atoms with E-state index in [1.807, 2.05) is 18.2 Å². The fourth-order valence-electron chi connectivity index (χ4n) is 5.90. The summed E-state index contributed by atoms with van der Waals surface area (Å²) in [5.41, 5.74) is 1.87. The third-order valence-electron chi connectivity index (χ3n) is 7.71. The average molecular weight is 561 g/mol. The van der Waals surface area contributed by atoms with E-state index >= 15 is 0 Å². The van der Waals surface area contributed by atoms with Crippen LogP contribution in [0.1, 0.15) is 18.5 Å². The quantitative estimate of drug-likeness (QED) is 0.198. The maximum atomic E-state index is 12.0. The fraction of sp³-hybridized carbons (Fsp3) is 0.345. The molecule has 1 aliphatic carbocycles. The molecule has 4 aromatic rings. The SMILES string of the molecule is CN1C[C@H]2CC(COc3cc4ncnc(Nc5ccc(OCc6ccccn6)c(Cl)c5)c4cc3[N+](=O)[O-])C[C@H]2C1. The molecular formula is C29H29ClN6O4. The van der Waals surface area contributed by atoms with Gasteiger partial charge in [0.1, 0.15) is 24.5 Å². The first-order chi connectivity index (χ1) is 19.4. The molecule has 206 valence electrons. The highest BCUT2D eigenvalue weighted by Crippen LogP contribution is 2.42. The standard InChI is InChI=1S/C29H29ClN6O4/c1-35-13-19-8-18(9-20(19)14-35)15-39-28-12-25-23(11-26(28)36(37)38)29(33-17-32-25)34-21-5-6-27(24(30)10-21)40-16-22-4-2-3-7-31-22/h2-7,10-12,17-20H,8-9,13-16H2,1H3,(H,32,33,34)/t18?,19-,20+. The number of nitro groups is 1. The average Bonchev–Trinajstić information content (AvgIpc) is 3.48. The van der Waals surface area contributed by atoms with Crippen LogP contribution >= 0.6 is 11.6 Å². The van der Waals surface area contributed by atoms with Crippen molar-refractivity contribution in [1.82, 2.24) is 19.9 Å². The Balaban J connectivity index is 1.18. The van der Waals surface area contributed by atoms with Gasteiger partial charge in [-0.1, -0.05) is 17.7 Å². The predicted molar refractivity (Wildman–Crippen MR) is 152 cm³/mol. The van der Waals surface area contributed by atoms with E-state index < -0.39 is 4.92 Å². The number of nitro benzene ring substituents is 1. The number of hydrogen-bond acceptors (Lipinski definition) is 9. The molecule has 2 fully saturated rings. The third-order valence-corrected chi connectivity index (χ3v) is 8.01. The highest BCUT2D eigenvalue weighted by molar-refractivity contribution is 6.32. The third kappa shape index (κ3) is 5.64. The van der Waals surface area contributed by atoms with Crippen molar-refractivity contribution >= 4 is 39.7 Å². The normalized spacial score (nSPS) is 20.4. The lowest BCUT2D eigenvalue weighted by Crippen LogP contribution is -2.18. The summed E-state index contributed by atoms with van der Waals surface area (Å²) in [6.07, 6.45) is 5.32. The summed E-state index contributed by atoms with van der Waals surface area (Å²) < 4.78 is 11.9. The monoisotopic (exact) mass is 560 g/mol. The van der Waals surface area contributed by atoms with Crippen LogP contribution in [0.25, 0.3) is 10.9 Å². The van der Waals surface area contributed by atoms with Crippen LogP contribution in [0.5, 0.6) is 11.5 Å². The highest BCUT2D eigenvalue weighted by Gasteiger charge is 2.40. The van der Waals surface area contributed by atoms with E-state index in [2.05, 4.69) is 32.2 Å². The number of anilines is 2. The van der Waals surface area contributed by atoms with Crippen molar-refractivity contribution in [2.75, 3.05) is 32.1 Å². The van der Waals surface area contributed by atoms with Crippen molar-refractivity contribution in [2.24, 2.45) is 17.8 Å². The second-order valence-electron chi connectivity index (χ2n) is 10.6. The van der Waals surface area contributed by atoms with E-state index in [1.165, 1.54) is 12.4 Å². The first-order valence-corrected chi connectivity index (χ1v) is 13.6. The van der Waals surface area contributed by atoms with E-state index in [0.717, 1.165) is 31.6 Å². The molecule has 2 aromatic heterocycles. The first-order valence-electron chi connectivity index (χ1n) is 13.3. The second-order valence-corrected chi connectivity index (χ2v) is 11.0. The van der Waals surface area contributed by atoms with Crippen LogP contribution in [0, 0.1) is 27.9 Å². The number of benzene rings is 2. The molecule has 11 heteroatoms. The van der Waals surface area contributed by atoms with Crippen LogP contribution in [0.15, 0.2) is 61.1 Å². The molecule has 1 unspecified atom stereocenters. The van der Waals surface area contributed by atoms with E-state index in [-0.39, 0.29) is 18.0 Å². The Hall–Kier alpha value is -4.02. The summed E-state index contributed by atoms with van der Waals surface area (Å²) >= 11 is 6.47. The van der Waals surface area contributed by atoms with Crippen LogP contribution in [-0.2, 0) is 6.61 Å². The van der Waals surface area contributed by atoms with Crippen molar-refractivity contribution in [3.05, 3.63) is 81.9 Å². The van der Waals surface area contributed by atoms with Gasteiger partial charge in [-0.3, -0.25) is 15.1 Å². The molecule has 10 nitrogen and oxygen atoms in total. The van der Waals surface area contributed by atoms with Crippen molar-refractivity contribution in [3.8, 4) is 11.5 Å². The molecule has 40 heavy (non-hydrogen) atoms. The lowest BCUT2D eigenvalue weighted by atomic mass is 10.0. The summed E-state index contributed by atoms with van der Waals surface area (Å²) in [6.45, 7) is 3.00. The Bertz CT molecular complexity index is 1520. The summed E-state index contributed by atoms with van der Waals surface area (Å²) in [5, 5.41) is 16.1. The maximum absolute atomic E-state index is 12.0. The molecule has 6 rings (SSSR count). The van der Waals surface area contributed by atoms with Gasteiger partial charge in [-0.15, -0.1) is 0 Å². The Kier molecular flexibility index (Phi) is 7.36. The number of aromatic nitrogens is 3. The zero-order chi connectivity index (χ0) is 27.6. The van der Waals surface area contributed by atoms with Crippen LogP contribution in [0.2, 0.25) is 5.02 Å². The number of pyridine rings is 1. The van der Waals surface area contributed by atoms with E-state index in [9.17, 15) is 10.1 Å². The molecular weight excluding hydrogens is 532 g/mol. The van der Waals surface area contributed by atoms with Crippen molar-refractivity contribution in [3.63, 3.8) is 0 Å². The Morgan fingerprint density at radius 2 is 1.88 bits per heavy atom. The minimum Gasteiger partial charge on any atom is -0.486 e. The lowest BCUT2D eigenvalue weighted by Gasteiger charge is -2.16. The zero-order valence-electron chi connectivity index (χ0n) is 22.0. The molecule has 3 heterocycles. The second kappa shape index (κ2) is 11.2. The van der Waals surface area contributed by atoms with Crippen LogP contribution < -0.4 is 14.8 Å². The van der Waals surface area contributed by atoms with Gasteiger partial charge in [0, 0.05) is 37.1 Å². The minimum atomic E-state index is -0.422. The summed E-state index contributed by atoms with van der Waals surface area (Å²) in [7, 11) is 2.16. The van der Waals surface area contributed by atoms with Gasteiger partial charge in [-0.25, -0.2) is 9.97 Å². The smallest absolute Gasteiger partial charge is 0.311 e.